The van der Waals surface area contributed by atoms with Crippen molar-refractivity contribution >= 4 is 6.79 Å². The van der Waals surface area contributed by atoms with Gasteiger partial charge in [0.1, 0.15) is 0 Å². The monoisotopic (exact) mass is 230 g/mol. The molecule has 0 saturated carbocycles. The summed E-state index contributed by atoms with van der Waals surface area (Å²) in [4.78, 5) is 7.75. The summed E-state index contributed by atoms with van der Waals surface area (Å²) in [5.74, 6) is 0. The van der Waals surface area contributed by atoms with Gasteiger partial charge in [-0.2, -0.15) is 0 Å². The molecule has 0 unspecified atom stereocenters. The molecule has 2 nitrogen and oxygen atoms in total. The standard InChI is InChI=1S/CH3O.CHO.2Rb/c2*1-2;;/h2H,1H2;1H;;/q2*-1;2*+1. The van der Waals surface area contributed by atoms with Crippen molar-refractivity contribution in [1.82, 2.24) is 0 Å². The molecule has 0 rings (SSSR count). The normalized spacial score (nSPS) is 1.67. The molecule has 0 aliphatic heterocycles. The largest absolute Gasteiger partial charge is 1.00 e. The maximum absolute atomic E-state index is 7.75. The van der Waals surface area contributed by atoms with Crippen molar-refractivity contribution in [3.05, 3.63) is 7.11 Å². The zero-order valence-corrected chi connectivity index (χ0v) is 14.0. The molecule has 0 heterocycles. The molecule has 0 bridgehead atoms. The fourth-order valence-electron chi connectivity index (χ4n) is 0. The zero-order valence-electron chi connectivity index (χ0n) is 4.14. The predicted molar refractivity (Wildman–Crippen MR) is 14.0 cm³/mol. The van der Waals surface area contributed by atoms with E-state index in [2.05, 4.69) is 13.9 Å². The molecule has 0 fully saturated rings. The molecule has 0 aliphatic carbocycles. The Hall–Kier alpha value is 3.24. The minimum Gasteiger partial charge on any atom is -0.569 e. The quantitative estimate of drug-likeness (QED) is 0.333. The van der Waals surface area contributed by atoms with Gasteiger partial charge in [0.25, 0.3) is 0 Å². The van der Waals surface area contributed by atoms with Gasteiger partial charge in [0.15, 0.2) is 0 Å². The van der Waals surface area contributed by atoms with Gasteiger partial charge in [0.05, 0.1) is 0 Å². The number of aliphatic hydroxyl groups excluding tert-OH is 1. The van der Waals surface area contributed by atoms with E-state index in [0.717, 1.165) is 0 Å². The summed E-state index contributed by atoms with van der Waals surface area (Å²) in [5.41, 5.74) is 0. The summed E-state index contributed by atoms with van der Waals surface area (Å²) >= 11 is 0. The number of carbonyl (C=O) groups excluding carboxylic acids is 1. The molecule has 0 aliphatic rings. The van der Waals surface area contributed by atoms with Crippen molar-refractivity contribution in [2.45, 2.75) is 0 Å². The van der Waals surface area contributed by atoms with Crippen molar-refractivity contribution in [3.63, 3.8) is 0 Å². The van der Waals surface area contributed by atoms with Crippen LogP contribution in [0.3, 0.4) is 0 Å². The summed E-state index contributed by atoms with van der Waals surface area (Å²) in [6.45, 7) is 3.25. The van der Waals surface area contributed by atoms with Gasteiger partial charge in [-0.1, -0.05) is 0 Å². The summed E-state index contributed by atoms with van der Waals surface area (Å²) in [7, 11) is 2.25. The Bertz CT molecular complexity index is 9.51. The Morgan fingerprint density at radius 1 is 1.17 bits per heavy atom. The SMILES string of the molecule is [CH-]=O.[CH2-]O.[Rb+].[Rb+]. The molecular formula is C2H4O2Rb2. The summed E-state index contributed by atoms with van der Waals surface area (Å²) in [6.07, 6.45) is 0. The Labute approximate surface area is 136 Å². The van der Waals surface area contributed by atoms with Crippen molar-refractivity contribution in [1.29, 1.82) is 0 Å². The van der Waals surface area contributed by atoms with E-state index in [0.29, 0.717) is 0 Å². The number of hydrogen-bond acceptors (Lipinski definition) is 2. The minimum absolute atomic E-state index is 0. The Balaban J connectivity index is -0.00000000500. The fraction of sp³-hybridized carbons (Fsp3) is 0. The summed E-state index contributed by atoms with van der Waals surface area (Å²) < 4.78 is 0. The molecular weight excluding hydrogens is 227 g/mol. The van der Waals surface area contributed by atoms with Crippen LogP contribution in [0.1, 0.15) is 0 Å². The third kappa shape index (κ3) is 26.9. The summed E-state index contributed by atoms with van der Waals surface area (Å²) in [5, 5.41) is 6.75. The molecule has 0 aromatic heterocycles. The van der Waals surface area contributed by atoms with Crippen molar-refractivity contribution < 1.29 is 126 Å². The van der Waals surface area contributed by atoms with Gasteiger partial charge < -0.3 is 9.90 Å². The zero-order chi connectivity index (χ0) is 4.00. The van der Waals surface area contributed by atoms with Crippen LogP contribution in [0, 0.1) is 7.11 Å². The van der Waals surface area contributed by atoms with E-state index in [1.807, 2.05) is 0 Å². The van der Waals surface area contributed by atoms with Crippen LogP contribution < -0.4 is 116 Å². The van der Waals surface area contributed by atoms with Crippen molar-refractivity contribution in [3.8, 4) is 0 Å². The predicted octanol–water partition coefficient (Wildman–Crippen LogP) is -6.12. The maximum Gasteiger partial charge on any atom is 1.00 e. The van der Waals surface area contributed by atoms with E-state index >= 15 is 0 Å². The topological polar surface area (TPSA) is 37.3 Å². The first-order valence-corrected chi connectivity index (χ1v) is 0.552. The van der Waals surface area contributed by atoms with Crippen LogP contribution >= 0.6 is 0 Å². The molecule has 0 aromatic rings. The number of rotatable bonds is 0. The Morgan fingerprint density at radius 3 is 1.17 bits per heavy atom. The smallest absolute Gasteiger partial charge is 0.569 e. The van der Waals surface area contributed by atoms with E-state index in [1.54, 1.807) is 0 Å². The molecule has 26 valence electrons. The second-order valence-corrected chi connectivity index (χ2v) is 0. The van der Waals surface area contributed by atoms with Gasteiger partial charge in [0, 0.05) is 0 Å². The van der Waals surface area contributed by atoms with Gasteiger partial charge in [-0.15, -0.1) is 0 Å². The molecule has 0 amide bonds. The van der Waals surface area contributed by atoms with Gasteiger partial charge in [-0.25, -0.2) is 7.11 Å². The van der Waals surface area contributed by atoms with Crippen molar-refractivity contribution in [2.24, 2.45) is 0 Å². The van der Waals surface area contributed by atoms with E-state index in [1.165, 1.54) is 0 Å². The third-order valence-electron chi connectivity index (χ3n) is 0. The second-order valence-electron chi connectivity index (χ2n) is 0. The minimum atomic E-state index is 0. The molecule has 0 spiro atoms. The molecule has 6 heavy (non-hydrogen) atoms. The van der Waals surface area contributed by atoms with E-state index < -0.39 is 0 Å². The molecule has 4 heteroatoms. The maximum atomic E-state index is 7.75. The summed E-state index contributed by atoms with van der Waals surface area (Å²) in [6, 6.07) is 0. The molecule has 0 radical (unpaired) electrons. The second kappa shape index (κ2) is 41.1. The van der Waals surface area contributed by atoms with Crippen LogP contribution in [0.4, 0.5) is 0 Å². The first-order chi connectivity index (χ1) is 2.00. The molecule has 0 aromatic carbocycles. The van der Waals surface area contributed by atoms with Crippen molar-refractivity contribution in [2.75, 3.05) is 0 Å². The first-order valence-electron chi connectivity index (χ1n) is 0.552. The van der Waals surface area contributed by atoms with Crippen LogP contribution in [0.5, 0.6) is 0 Å². The third-order valence-corrected chi connectivity index (χ3v) is 0. The van der Waals surface area contributed by atoms with E-state index in [-0.39, 0.29) is 116 Å². The number of aliphatic hydroxyl groups is 1. The average molecular weight is 231 g/mol. The van der Waals surface area contributed by atoms with Crippen LogP contribution in [-0.2, 0) is 4.79 Å². The molecule has 0 saturated heterocycles. The van der Waals surface area contributed by atoms with Crippen LogP contribution in [0.25, 0.3) is 0 Å². The van der Waals surface area contributed by atoms with Gasteiger partial charge in [0.2, 0.25) is 0 Å². The molecule has 0 atom stereocenters. The Morgan fingerprint density at radius 2 is 1.17 bits per heavy atom. The molecule has 1 N–H and O–H groups in total. The number of hydrogen-bond donors (Lipinski definition) is 1. The van der Waals surface area contributed by atoms with Gasteiger partial charge in [-0.05, 0) is 0 Å². The fourth-order valence-corrected chi connectivity index (χ4v) is 0. The van der Waals surface area contributed by atoms with Gasteiger partial charge in [-0.3, -0.25) is 6.79 Å². The van der Waals surface area contributed by atoms with Crippen LogP contribution in [0.2, 0.25) is 0 Å². The first kappa shape index (κ1) is 22.8. The van der Waals surface area contributed by atoms with Gasteiger partial charge >= 0.3 is 116 Å². The van der Waals surface area contributed by atoms with Crippen LogP contribution in [-0.4, -0.2) is 11.9 Å². The average Bonchev–Trinajstić information content (AvgIpc) is 1.50. The van der Waals surface area contributed by atoms with Crippen LogP contribution in [0.15, 0.2) is 0 Å². The van der Waals surface area contributed by atoms with E-state index in [9.17, 15) is 0 Å². The van der Waals surface area contributed by atoms with E-state index in [4.69, 9.17) is 9.90 Å². The Kier molecular flexibility index (Phi) is 157.